The van der Waals surface area contributed by atoms with Crippen molar-refractivity contribution in [3.05, 3.63) is 32.8 Å². The van der Waals surface area contributed by atoms with Gasteiger partial charge in [-0.3, -0.25) is 0 Å². The molecule has 0 amide bonds. The van der Waals surface area contributed by atoms with E-state index in [-0.39, 0.29) is 0 Å². The van der Waals surface area contributed by atoms with Gasteiger partial charge in [0.25, 0.3) is 0 Å². The van der Waals surface area contributed by atoms with E-state index < -0.39 is 6.04 Å². The second-order valence-corrected chi connectivity index (χ2v) is 4.37. The van der Waals surface area contributed by atoms with Gasteiger partial charge in [0.05, 0.1) is 13.2 Å². The average Bonchev–Trinajstić information content (AvgIpc) is 2.21. The van der Waals surface area contributed by atoms with E-state index in [0.29, 0.717) is 27.1 Å². The van der Waals surface area contributed by atoms with Gasteiger partial charge in [-0.05, 0) is 24.1 Å². The van der Waals surface area contributed by atoms with Crippen molar-refractivity contribution in [2.24, 2.45) is 0 Å². The summed E-state index contributed by atoms with van der Waals surface area (Å²) in [6.07, 6.45) is 1.07. The van der Waals surface area contributed by atoms with E-state index in [1.54, 1.807) is 12.1 Å². The molecular weight excluding hydrogens is 272 g/mol. The van der Waals surface area contributed by atoms with Gasteiger partial charge in [0, 0.05) is 15.1 Å². The molecule has 6 heteroatoms. The molecule has 0 radical (unpaired) electrons. The second-order valence-electron chi connectivity index (χ2n) is 3.12. The van der Waals surface area contributed by atoms with Gasteiger partial charge in [0.2, 0.25) is 0 Å². The first-order chi connectivity index (χ1) is 7.58. The third-order valence-corrected chi connectivity index (χ3v) is 2.86. The highest BCUT2D eigenvalue weighted by molar-refractivity contribution is 6.39. The van der Waals surface area contributed by atoms with Crippen LogP contribution in [0.1, 0.15) is 5.56 Å². The van der Waals surface area contributed by atoms with E-state index in [2.05, 4.69) is 10.3 Å². The molecular formula is C10H10Cl3NO2. The van der Waals surface area contributed by atoms with Crippen molar-refractivity contribution in [2.45, 2.75) is 12.5 Å². The summed E-state index contributed by atoms with van der Waals surface area (Å²) < 4.78 is 0. The lowest BCUT2D eigenvalue weighted by Crippen LogP contribution is -2.31. The van der Waals surface area contributed by atoms with Gasteiger partial charge in [-0.2, -0.15) is 5.48 Å². The number of rotatable bonds is 5. The minimum absolute atomic E-state index is 0.339. The molecule has 0 bridgehead atoms. The fraction of sp³-hybridized carbons (Fsp3) is 0.300. The van der Waals surface area contributed by atoms with Crippen molar-refractivity contribution in [1.82, 2.24) is 5.48 Å². The van der Waals surface area contributed by atoms with E-state index >= 15 is 0 Å². The molecule has 0 saturated carbocycles. The van der Waals surface area contributed by atoms with Crippen LogP contribution < -0.4 is 5.48 Å². The van der Waals surface area contributed by atoms with Crippen LogP contribution in [-0.2, 0) is 16.1 Å². The molecule has 0 heterocycles. The molecule has 1 aromatic carbocycles. The lowest BCUT2D eigenvalue weighted by Gasteiger charge is -2.13. The Morgan fingerprint density at radius 2 is 1.94 bits per heavy atom. The predicted molar refractivity (Wildman–Crippen MR) is 65.2 cm³/mol. The highest BCUT2D eigenvalue weighted by atomic mass is 35.5. The number of aldehydes is 1. The number of hydrogen-bond donors (Lipinski definition) is 1. The molecule has 0 saturated heterocycles. The Morgan fingerprint density at radius 3 is 2.38 bits per heavy atom. The van der Waals surface area contributed by atoms with Gasteiger partial charge in [-0.25, -0.2) is 0 Å². The normalized spacial score (nSPS) is 12.5. The Bertz CT molecular complexity index is 361. The molecule has 0 aliphatic heterocycles. The van der Waals surface area contributed by atoms with Crippen molar-refractivity contribution >= 4 is 41.1 Å². The van der Waals surface area contributed by atoms with Gasteiger partial charge in [0.1, 0.15) is 6.29 Å². The van der Waals surface area contributed by atoms with Crippen LogP contribution in [0.2, 0.25) is 15.1 Å². The maximum Gasteiger partial charge on any atom is 0.139 e. The van der Waals surface area contributed by atoms with Gasteiger partial charge in [-0.15, -0.1) is 0 Å². The topological polar surface area (TPSA) is 38.3 Å². The van der Waals surface area contributed by atoms with Crippen LogP contribution in [0.15, 0.2) is 12.1 Å². The molecule has 1 atom stereocenters. The molecule has 1 unspecified atom stereocenters. The maximum absolute atomic E-state index is 10.7. The Kier molecular flexibility index (Phi) is 5.52. The van der Waals surface area contributed by atoms with E-state index in [9.17, 15) is 4.79 Å². The molecule has 88 valence electrons. The van der Waals surface area contributed by atoms with Crippen molar-refractivity contribution in [3.63, 3.8) is 0 Å². The van der Waals surface area contributed by atoms with E-state index in [1.807, 2.05) is 0 Å². The third-order valence-electron chi connectivity index (χ3n) is 1.96. The monoisotopic (exact) mass is 281 g/mol. The maximum atomic E-state index is 10.7. The fourth-order valence-corrected chi connectivity index (χ4v) is 2.23. The summed E-state index contributed by atoms with van der Waals surface area (Å²) in [5.74, 6) is 0. The number of carbonyl (C=O) groups excluding carboxylic acids is 1. The molecule has 0 aliphatic carbocycles. The second kappa shape index (κ2) is 6.42. The van der Waals surface area contributed by atoms with Gasteiger partial charge in [-0.1, -0.05) is 34.8 Å². The van der Waals surface area contributed by atoms with Gasteiger partial charge in [0.15, 0.2) is 0 Å². The highest BCUT2D eigenvalue weighted by Gasteiger charge is 2.14. The molecule has 0 aliphatic rings. The van der Waals surface area contributed by atoms with Crippen molar-refractivity contribution in [3.8, 4) is 0 Å². The smallest absolute Gasteiger partial charge is 0.139 e. The summed E-state index contributed by atoms with van der Waals surface area (Å²) in [4.78, 5) is 15.4. The lowest BCUT2D eigenvalue weighted by molar-refractivity contribution is -0.112. The van der Waals surface area contributed by atoms with E-state index in [1.165, 1.54) is 7.11 Å². The van der Waals surface area contributed by atoms with Crippen molar-refractivity contribution in [1.29, 1.82) is 0 Å². The highest BCUT2D eigenvalue weighted by Crippen LogP contribution is 2.29. The van der Waals surface area contributed by atoms with Crippen LogP contribution in [-0.4, -0.2) is 19.4 Å². The van der Waals surface area contributed by atoms with Gasteiger partial charge >= 0.3 is 0 Å². The predicted octanol–water partition coefficient (Wildman–Crippen LogP) is 2.91. The first kappa shape index (κ1) is 13.7. The third kappa shape index (κ3) is 3.61. The molecule has 1 aromatic rings. The Hall–Kier alpha value is -0.320. The van der Waals surface area contributed by atoms with Crippen LogP contribution in [0.4, 0.5) is 0 Å². The first-order valence-corrected chi connectivity index (χ1v) is 5.59. The Labute approximate surface area is 109 Å². The standard InChI is InChI=1S/C10H10Cl3NO2/c1-16-14-7(5-15)4-8-9(12)2-6(11)3-10(8)13/h2-3,5,7,14H,4H2,1H3. The summed E-state index contributed by atoms with van der Waals surface area (Å²) in [6.45, 7) is 0. The van der Waals surface area contributed by atoms with Crippen molar-refractivity contribution < 1.29 is 9.63 Å². The number of nitrogens with one attached hydrogen (secondary N) is 1. The average molecular weight is 283 g/mol. The van der Waals surface area contributed by atoms with E-state index in [4.69, 9.17) is 34.8 Å². The largest absolute Gasteiger partial charge is 0.304 e. The van der Waals surface area contributed by atoms with Gasteiger partial charge < -0.3 is 9.63 Å². The first-order valence-electron chi connectivity index (χ1n) is 4.45. The Balaban J connectivity index is 2.91. The zero-order valence-electron chi connectivity index (χ0n) is 8.47. The molecule has 16 heavy (non-hydrogen) atoms. The van der Waals surface area contributed by atoms with E-state index in [0.717, 1.165) is 6.29 Å². The summed E-state index contributed by atoms with van der Waals surface area (Å²) in [6, 6.07) is 2.67. The number of benzene rings is 1. The molecule has 1 N–H and O–H groups in total. The number of halogens is 3. The quantitative estimate of drug-likeness (QED) is 0.666. The van der Waals surface area contributed by atoms with Crippen molar-refractivity contribution in [2.75, 3.05) is 7.11 Å². The molecule has 0 spiro atoms. The summed E-state index contributed by atoms with van der Waals surface area (Å²) in [5, 5.41) is 1.32. The molecule has 0 fully saturated rings. The minimum Gasteiger partial charge on any atom is -0.304 e. The molecule has 3 nitrogen and oxygen atoms in total. The number of hydroxylamine groups is 1. The summed E-state index contributed by atoms with van der Waals surface area (Å²) in [7, 11) is 1.43. The summed E-state index contributed by atoms with van der Waals surface area (Å²) in [5.41, 5.74) is 3.19. The van der Waals surface area contributed by atoms with Crippen LogP contribution in [0.25, 0.3) is 0 Å². The zero-order valence-corrected chi connectivity index (χ0v) is 10.7. The van der Waals surface area contributed by atoms with Crippen LogP contribution >= 0.6 is 34.8 Å². The molecule has 1 rings (SSSR count). The van der Waals surface area contributed by atoms with Crippen LogP contribution in [0.5, 0.6) is 0 Å². The number of carbonyl (C=O) groups is 1. The van der Waals surface area contributed by atoms with Crippen LogP contribution in [0.3, 0.4) is 0 Å². The minimum atomic E-state index is -0.499. The number of hydrogen-bond acceptors (Lipinski definition) is 3. The lowest BCUT2D eigenvalue weighted by atomic mass is 10.1. The molecule has 0 aromatic heterocycles. The summed E-state index contributed by atoms with van der Waals surface area (Å²) >= 11 is 17.7. The SMILES string of the molecule is CONC(C=O)Cc1c(Cl)cc(Cl)cc1Cl. The fourth-order valence-electron chi connectivity index (χ4n) is 1.26. The Morgan fingerprint density at radius 1 is 1.38 bits per heavy atom. The zero-order chi connectivity index (χ0) is 12.1. The van der Waals surface area contributed by atoms with Crippen LogP contribution in [0, 0.1) is 0 Å².